The minimum Gasteiger partial charge on any atom is -0.366 e. The zero-order chi connectivity index (χ0) is 16.5. The van der Waals surface area contributed by atoms with Crippen LogP contribution in [0.25, 0.3) is 0 Å². The molecule has 0 fully saturated rings. The van der Waals surface area contributed by atoms with Crippen molar-refractivity contribution in [1.29, 1.82) is 0 Å². The number of benzene rings is 1. The Kier molecular flexibility index (Phi) is 4.26. The van der Waals surface area contributed by atoms with Gasteiger partial charge in [0.15, 0.2) is 11.4 Å². The van der Waals surface area contributed by atoms with E-state index in [1.54, 1.807) is 0 Å². The fraction of sp³-hybridized carbons (Fsp3) is 0.400. The van der Waals surface area contributed by atoms with Crippen LogP contribution in [0.5, 0.6) is 0 Å². The van der Waals surface area contributed by atoms with Gasteiger partial charge < -0.3 is 9.80 Å². The fourth-order valence-electron chi connectivity index (χ4n) is 1.95. The lowest BCUT2D eigenvalue weighted by Crippen LogP contribution is -2.19. The molecule has 0 heterocycles. The Balaban J connectivity index is 4.03. The van der Waals surface area contributed by atoms with E-state index in [1.807, 2.05) is 0 Å². The van der Waals surface area contributed by atoms with Crippen molar-refractivity contribution >= 4 is 28.4 Å². The lowest BCUT2D eigenvalue weighted by atomic mass is 10.1. The Labute approximate surface area is 118 Å². The maximum absolute atomic E-state index is 11.3. The summed E-state index contributed by atoms with van der Waals surface area (Å²) in [5, 5.41) is 33.5. The largest absolute Gasteiger partial charge is 0.366 e. The number of nitrogens with zero attached hydrogens (tertiary/aromatic N) is 5. The van der Waals surface area contributed by atoms with Crippen LogP contribution in [0.15, 0.2) is 6.07 Å². The smallest absolute Gasteiger partial charge is 0.329 e. The summed E-state index contributed by atoms with van der Waals surface area (Å²) in [6.45, 7) is 0. The highest BCUT2D eigenvalue weighted by Crippen LogP contribution is 2.48. The number of rotatable bonds is 5. The summed E-state index contributed by atoms with van der Waals surface area (Å²) < 4.78 is 0. The van der Waals surface area contributed by atoms with E-state index in [-0.39, 0.29) is 11.4 Å². The quantitative estimate of drug-likeness (QED) is 0.589. The van der Waals surface area contributed by atoms with Crippen molar-refractivity contribution < 1.29 is 14.8 Å². The van der Waals surface area contributed by atoms with Crippen LogP contribution >= 0.6 is 0 Å². The molecule has 0 bridgehead atoms. The predicted molar refractivity (Wildman–Crippen MR) is 75.1 cm³/mol. The third-order valence-corrected chi connectivity index (χ3v) is 2.68. The Hall–Kier alpha value is -2.98. The molecule has 0 unspecified atom stereocenters. The van der Waals surface area contributed by atoms with E-state index in [2.05, 4.69) is 0 Å². The van der Waals surface area contributed by atoms with E-state index in [0.717, 1.165) is 6.07 Å². The Morgan fingerprint density at radius 2 is 1.10 bits per heavy atom. The van der Waals surface area contributed by atoms with E-state index >= 15 is 0 Å². The first-order chi connectivity index (χ1) is 9.59. The molecule has 11 heteroatoms. The standard InChI is InChI=1S/C10H13N5O6/c1-11(2)8-6(13(16)17)5-7(14(18)19)9(12(3)4)10(8)15(20)21/h5H,1-4H3. The third kappa shape index (κ3) is 2.80. The van der Waals surface area contributed by atoms with Crippen molar-refractivity contribution in [2.75, 3.05) is 38.0 Å². The van der Waals surface area contributed by atoms with E-state index in [1.165, 1.54) is 38.0 Å². The average Bonchev–Trinajstić information content (AvgIpc) is 2.34. The Bertz CT molecular complexity index is 583. The predicted octanol–water partition coefficient (Wildman–Crippen LogP) is 1.54. The molecule has 0 aliphatic rings. The van der Waals surface area contributed by atoms with Crippen molar-refractivity contribution in [3.05, 3.63) is 36.4 Å². The molecule has 0 spiro atoms. The van der Waals surface area contributed by atoms with Crippen LogP contribution in [0.4, 0.5) is 28.4 Å². The van der Waals surface area contributed by atoms with Crippen molar-refractivity contribution in [2.45, 2.75) is 0 Å². The molecule has 1 aromatic rings. The number of hydrogen-bond donors (Lipinski definition) is 0. The average molecular weight is 299 g/mol. The van der Waals surface area contributed by atoms with Crippen molar-refractivity contribution in [3.63, 3.8) is 0 Å². The number of nitro benzene ring substituents is 3. The molecule has 0 amide bonds. The zero-order valence-electron chi connectivity index (χ0n) is 11.8. The van der Waals surface area contributed by atoms with Crippen LogP contribution in [0, 0.1) is 30.3 Å². The second-order valence-electron chi connectivity index (χ2n) is 4.52. The van der Waals surface area contributed by atoms with Gasteiger partial charge >= 0.3 is 17.1 Å². The first-order valence-electron chi connectivity index (χ1n) is 5.58. The van der Waals surface area contributed by atoms with Gasteiger partial charge in [-0.15, -0.1) is 0 Å². The summed E-state index contributed by atoms with van der Waals surface area (Å²) in [5.74, 6) is 0. The second-order valence-corrected chi connectivity index (χ2v) is 4.52. The lowest BCUT2D eigenvalue weighted by molar-refractivity contribution is -0.400. The van der Waals surface area contributed by atoms with Crippen LogP contribution < -0.4 is 9.80 Å². The Morgan fingerprint density at radius 1 is 0.762 bits per heavy atom. The molecule has 0 atom stereocenters. The van der Waals surface area contributed by atoms with Crippen LogP contribution in [0.2, 0.25) is 0 Å². The molecule has 1 aromatic carbocycles. The fourth-order valence-corrected chi connectivity index (χ4v) is 1.95. The maximum atomic E-state index is 11.3. The monoisotopic (exact) mass is 299 g/mol. The van der Waals surface area contributed by atoms with Gasteiger partial charge in [-0.3, -0.25) is 30.3 Å². The summed E-state index contributed by atoms with van der Waals surface area (Å²) in [6, 6.07) is 0.734. The van der Waals surface area contributed by atoms with Crippen LogP contribution in [-0.4, -0.2) is 43.0 Å². The van der Waals surface area contributed by atoms with E-state index in [9.17, 15) is 30.3 Å². The summed E-state index contributed by atoms with van der Waals surface area (Å²) in [7, 11) is 5.56. The highest BCUT2D eigenvalue weighted by Gasteiger charge is 2.38. The third-order valence-electron chi connectivity index (χ3n) is 2.68. The molecule has 11 nitrogen and oxygen atoms in total. The van der Waals surface area contributed by atoms with Crippen molar-refractivity contribution in [2.24, 2.45) is 0 Å². The second kappa shape index (κ2) is 5.56. The molecule has 0 N–H and O–H groups in total. The molecule has 1 rings (SSSR count). The molecule has 0 saturated heterocycles. The molecular formula is C10H13N5O6. The molecule has 114 valence electrons. The molecule has 0 saturated carbocycles. The molecule has 21 heavy (non-hydrogen) atoms. The van der Waals surface area contributed by atoms with E-state index < -0.39 is 31.8 Å². The van der Waals surface area contributed by atoms with Crippen LogP contribution in [0.1, 0.15) is 0 Å². The molecular weight excluding hydrogens is 286 g/mol. The highest BCUT2D eigenvalue weighted by molar-refractivity contribution is 5.90. The van der Waals surface area contributed by atoms with Gasteiger partial charge in [-0.05, 0) is 0 Å². The SMILES string of the molecule is CN(C)c1c([N+](=O)[O-])cc([N+](=O)[O-])c(N(C)C)c1[N+](=O)[O-]. The molecule has 0 aromatic heterocycles. The van der Waals surface area contributed by atoms with Crippen molar-refractivity contribution in [3.8, 4) is 0 Å². The van der Waals surface area contributed by atoms with Gasteiger partial charge in [0.25, 0.3) is 0 Å². The number of anilines is 2. The van der Waals surface area contributed by atoms with E-state index in [0.29, 0.717) is 0 Å². The van der Waals surface area contributed by atoms with Gasteiger partial charge in [0.05, 0.1) is 20.8 Å². The highest BCUT2D eigenvalue weighted by atomic mass is 16.6. The minimum absolute atomic E-state index is 0.292. The topological polar surface area (TPSA) is 136 Å². The summed E-state index contributed by atoms with van der Waals surface area (Å²) in [4.78, 5) is 33.2. The Morgan fingerprint density at radius 3 is 1.29 bits per heavy atom. The first kappa shape index (κ1) is 16.1. The number of hydrogen-bond acceptors (Lipinski definition) is 8. The van der Waals surface area contributed by atoms with Gasteiger partial charge in [0, 0.05) is 28.2 Å². The number of nitro groups is 3. The summed E-state index contributed by atoms with van der Waals surface area (Å²) >= 11 is 0. The minimum atomic E-state index is -0.880. The first-order valence-corrected chi connectivity index (χ1v) is 5.58. The van der Waals surface area contributed by atoms with Gasteiger partial charge in [-0.1, -0.05) is 0 Å². The molecule has 0 aliphatic carbocycles. The van der Waals surface area contributed by atoms with Crippen LogP contribution in [0.3, 0.4) is 0 Å². The summed E-state index contributed by atoms with van der Waals surface area (Å²) in [5.41, 5.74) is -2.64. The van der Waals surface area contributed by atoms with Crippen molar-refractivity contribution in [1.82, 2.24) is 0 Å². The van der Waals surface area contributed by atoms with E-state index in [4.69, 9.17) is 0 Å². The molecule has 0 aliphatic heterocycles. The van der Waals surface area contributed by atoms with Gasteiger partial charge in [0.1, 0.15) is 0 Å². The molecule has 0 radical (unpaired) electrons. The normalized spacial score (nSPS) is 10.1. The maximum Gasteiger partial charge on any atom is 0.329 e. The lowest BCUT2D eigenvalue weighted by Gasteiger charge is -2.18. The van der Waals surface area contributed by atoms with Gasteiger partial charge in [0.2, 0.25) is 0 Å². The van der Waals surface area contributed by atoms with Crippen LogP contribution in [-0.2, 0) is 0 Å². The van der Waals surface area contributed by atoms with Gasteiger partial charge in [-0.2, -0.15) is 0 Å². The van der Waals surface area contributed by atoms with Gasteiger partial charge in [-0.25, -0.2) is 0 Å². The zero-order valence-corrected chi connectivity index (χ0v) is 11.8. The summed E-state index contributed by atoms with van der Waals surface area (Å²) in [6.07, 6.45) is 0.